The van der Waals surface area contributed by atoms with Gasteiger partial charge in [-0.25, -0.2) is 0 Å². The molecule has 0 saturated heterocycles. The van der Waals surface area contributed by atoms with E-state index in [4.69, 9.17) is 11.6 Å². The SMILES string of the molecule is O=C1Nc2c(cc(Cl)cc2-c2ccccc2)C1=O. The Kier molecular flexibility index (Phi) is 2.42. The molecule has 0 saturated carbocycles. The molecule has 0 radical (unpaired) electrons. The van der Waals surface area contributed by atoms with Crippen LogP contribution in [-0.2, 0) is 4.79 Å². The van der Waals surface area contributed by atoms with Crippen molar-refractivity contribution in [1.29, 1.82) is 0 Å². The fourth-order valence-corrected chi connectivity index (χ4v) is 2.28. The monoisotopic (exact) mass is 257 g/mol. The van der Waals surface area contributed by atoms with E-state index in [1.807, 2.05) is 30.3 Å². The van der Waals surface area contributed by atoms with Gasteiger partial charge >= 0.3 is 0 Å². The number of carbonyl (C=O) groups excluding carboxylic acids is 2. The van der Waals surface area contributed by atoms with Gasteiger partial charge in [-0.15, -0.1) is 0 Å². The van der Waals surface area contributed by atoms with E-state index in [0.717, 1.165) is 11.1 Å². The van der Waals surface area contributed by atoms with Gasteiger partial charge in [0.1, 0.15) is 0 Å². The minimum Gasteiger partial charge on any atom is -0.318 e. The summed E-state index contributed by atoms with van der Waals surface area (Å²) in [7, 11) is 0. The lowest BCUT2D eigenvalue weighted by molar-refractivity contribution is -0.112. The third-order valence-corrected chi connectivity index (χ3v) is 3.10. The number of rotatable bonds is 1. The maximum absolute atomic E-state index is 11.7. The Bertz CT molecular complexity index is 665. The van der Waals surface area contributed by atoms with Crippen LogP contribution in [0.25, 0.3) is 11.1 Å². The third kappa shape index (κ3) is 1.60. The summed E-state index contributed by atoms with van der Waals surface area (Å²) in [5.41, 5.74) is 2.55. The molecule has 0 atom stereocenters. The first-order valence-electron chi connectivity index (χ1n) is 5.41. The van der Waals surface area contributed by atoms with Gasteiger partial charge in [0, 0.05) is 10.6 Å². The number of anilines is 1. The summed E-state index contributed by atoms with van der Waals surface area (Å²) >= 11 is 6.00. The van der Waals surface area contributed by atoms with Gasteiger partial charge in [0.2, 0.25) is 0 Å². The van der Waals surface area contributed by atoms with Crippen molar-refractivity contribution in [3.05, 3.63) is 53.1 Å². The lowest BCUT2D eigenvalue weighted by atomic mass is 10.0. The first-order valence-corrected chi connectivity index (χ1v) is 5.79. The van der Waals surface area contributed by atoms with Crippen LogP contribution in [-0.4, -0.2) is 11.7 Å². The summed E-state index contributed by atoms with van der Waals surface area (Å²) in [6.45, 7) is 0. The van der Waals surface area contributed by atoms with E-state index in [2.05, 4.69) is 5.32 Å². The number of carbonyl (C=O) groups is 2. The van der Waals surface area contributed by atoms with Gasteiger partial charge in [-0.1, -0.05) is 41.9 Å². The summed E-state index contributed by atoms with van der Waals surface area (Å²) in [5.74, 6) is -1.14. The predicted octanol–water partition coefficient (Wildman–Crippen LogP) is 3.14. The van der Waals surface area contributed by atoms with Crippen LogP contribution >= 0.6 is 11.6 Å². The molecule has 88 valence electrons. The van der Waals surface area contributed by atoms with Crippen LogP contribution < -0.4 is 5.32 Å². The predicted molar refractivity (Wildman–Crippen MR) is 69.8 cm³/mol. The Morgan fingerprint density at radius 2 is 1.61 bits per heavy atom. The molecule has 2 aromatic carbocycles. The highest BCUT2D eigenvalue weighted by molar-refractivity contribution is 6.52. The van der Waals surface area contributed by atoms with Crippen LogP contribution in [0.1, 0.15) is 10.4 Å². The number of nitrogens with one attached hydrogen (secondary N) is 1. The Hall–Kier alpha value is -2.13. The van der Waals surface area contributed by atoms with Crippen molar-refractivity contribution in [1.82, 2.24) is 0 Å². The van der Waals surface area contributed by atoms with Crippen molar-refractivity contribution in [2.24, 2.45) is 0 Å². The van der Waals surface area contributed by atoms with Gasteiger partial charge in [0.05, 0.1) is 11.3 Å². The molecule has 1 N–H and O–H groups in total. The van der Waals surface area contributed by atoms with Crippen LogP contribution in [0.2, 0.25) is 5.02 Å². The number of hydrogen-bond acceptors (Lipinski definition) is 2. The second-order valence-electron chi connectivity index (χ2n) is 4.03. The highest BCUT2D eigenvalue weighted by Gasteiger charge is 2.30. The lowest BCUT2D eigenvalue weighted by Crippen LogP contribution is -2.12. The molecule has 1 amide bonds. The minimum atomic E-state index is -0.607. The molecule has 3 nitrogen and oxygen atoms in total. The number of amides is 1. The van der Waals surface area contributed by atoms with Gasteiger partial charge in [-0.05, 0) is 17.7 Å². The zero-order chi connectivity index (χ0) is 12.7. The number of hydrogen-bond donors (Lipinski definition) is 1. The molecular formula is C14H8ClNO2. The van der Waals surface area contributed by atoms with Gasteiger partial charge in [0.25, 0.3) is 11.7 Å². The van der Waals surface area contributed by atoms with E-state index in [1.54, 1.807) is 6.07 Å². The van der Waals surface area contributed by atoms with Crippen molar-refractivity contribution in [2.45, 2.75) is 0 Å². The molecule has 0 fully saturated rings. The van der Waals surface area contributed by atoms with E-state index in [1.165, 1.54) is 6.07 Å². The zero-order valence-corrected chi connectivity index (χ0v) is 9.99. The van der Waals surface area contributed by atoms with Crippen molar-refractivity contribution < 1.29 is 9.59 Å². The maximum Gasteiger partial charge on any atom is 0.296 e. The second-order valence-corrected chi connectivity index (χ2v) is 4.46. The second kappa shape index (κ2) is 3.96. The molecule has 18 heavy (non-hydrogen) atoms. The number of halogens is 1. The molecule has 1 aliphatic rings. The first kappa shape index (κ1) is 11.0. The molecule has 2 aromatic rings. The van der Waals surface area contributed by atoms with Gasteiger partial charge < -0.3 is 5.32 Å². The Balaban J connectivity index is 2.27. The van der Waals surface area contributed by atoms with Crippen LogP contribution in [0.4, 0.5) is 5.69 Å². The summed E-state index contributed by atoms with van der Waals surface area (Å²) in [6.07, 6.45) is 0. The smallest absolute Gasteiger partial charge is 0.296 e. The van der Waals surface area contributed by atoms with E-state index in [-0.39, 0.29) is 0 Å². The molecule has 0 spiro atoms. The van der Waals surface area contributed by atoms with Crippen molar-refractivity contribution in [3.8, 4) is 11.1 Å². The van der Waals surface area contributed by atoms with Gasteiger partial charge in [-0.2, -0.15) is 0 Å². The zero-order valence-electron chi connectivity index (χ0n) is 9.24. The molecule has 0 aliphatic carbocycles. The van der Waals surface area contributed by atoms with Crippen LogP contribution in [0.15, 0.2) is 42.5 Å². The quantitative estimate of drug-likeness (QED) is 0.798. The highest BCUT2D eigenvalue weighted by Crippen LogP contribution is 2.37. The number of fused-ring (bicyclic) bond motifs is 1. The van der Waals surface area contributed by atoms with Crippen molar-refractivity contribution >= 4 is 29.0 Å². The molecule has 3 rings (SSSR count). The van der Waals surface area contributed by atoms with Crippen LogP contribution in [0.3, 0.4) is 0 Å². The first-order chi connectivity index (χ1) is 8.66. The maximum atomic E-state index is 11.7. The molecule has 0 aromatic heterocycles. The Morgan fingerprint density at radius 3 is 2.33 bits per heavy atom. The molecular weight excluding hydrogens is 250 g/mol. The van der Waals surface area contributed by atoms with Gasteiger partial charge in [-0.3, -0.25) is 9.59 Å². The normalized spacial score (nSPS) is 13.4. The fourth-order valence-electron chi connectivity index (χ4n) is 2.06. The van der Waals surface area contributed by atoms with Crippen molar-refractivity contribution in [3.63, 3.8) is 0 Å². The molecule has 1 heterocycles. The fraction of sp³-hybridized carbons (Fsp3) is 0. The minimum absolute atomic E-state index is 0.339. The lowest BCUT2D eigenvalue weighted by Gasteiger charge is -2.08. The standard InChI is InChI=1S/C14H8ClNO2/c15-9-6-10(8-4-2-1-3-5-8)12-11(7-9)13(17)14(18)16-12/h1-7H,(H,16,17,18). The summed E-state index contributed by atoms with van der Waals surface area (Å²) in [5, 5.41) is 3.04. The average Bonchev–Trinajstić information content (AvgIpc) is 2.66. The Labute approximate surface area is 108 Å². The third-order valence-electron chi connectivity index (χ3n) is 2.88. The number of ketones is 1. The average molecular weight is 258 g/mol. The van der Waals surface area contributed by atoms with E-state index in [9.17, 15) is 9.59 Å². The van der Waals surface area contributed by atoms with Crippen LogP contribution in [0, 0.1) is 0 Å². The topological polar surface area (TPSA) is 46.2 Å². The largest absolute Gasteiger partial charge is 0.318 e. The Morgan fingerprint density at radius 1 is 0.944 bits per heavy atom. The van der Waals surface area contributed by atoms with Gasteiger partial charge in [0.15, 0.2) is 0 Å². The van der Waals surface area contributed by atoms with Crippen LogP contribution in [0.5, 0.6) is 0 Å². The summed E-state index contributed by atoms with van der Waals surface area (Å²) < 4.78 is 0. The number of Topliss-reactive ketones (excluding diaryl/α,β-unsaturated/α-hetero) is 1. The van der Waals surface area contributed by atoms with E-state index < -0.39 is 11.7 Å². The highest BCUT2D eigenvalue weighted by atomic mass is 35.5. The van der Waals surface area contributed by atoms with E-state index in [0.29, 0.717) is 16.3 Å². The molecule has 1 aliphatic heterocycles. The molecule has 4 heteroatoms. The van der Waals surface area contributed by atoms with Crippen molar-refractivity contribution in [2.75, 3.05) is 5.32 Å². The molecule has 0 unspecified atom stereocenters. The molecule has 0 bridgehead atoms. The summed E-state index contributed by atoms with van der Waals surface area (Å²) in [6, 6.07) is 12.8. The summed E-state index contributed by atoms with van der Waals surface area (Å²) in [4.78, 5) is 23.1. The van der Waals surface area contributed by atoms with E-state index >= 15 is 0 Å². The number of benzene rings is 2.